The number of unbranched alkanes of at least 4 members (excludes halogenated alkanes) is 22. The first kappa shape index (κ1) is 65.0. The second-order valence-corrected chi connectivity index (χ2v) is 20.8. The third kappa shape index (κ3) is 45.5. The van der Waals surface area contributed by atoms with Crippen molar-refractivity contribution < 1.29 is 28.7 Å². The maximum Gasteiger partial charge on any atom is 0.307 e. The van der Waals surface area contributed by atoms with Crippen LogP contribution in [0.5, 0.6) is 0 Å². The number of amides is 2. The Bertz CT molecular complexity index is 1250. The van der Waals surface area contributed by atoms with Crippen molar-refractivity contribution in [3.05, 3.63) is 0 Å². The van der Waals surface area contributed by atoms with Crippen LogP contribution >= 0.6 is 21.6 Å². The maximum atomic E-state index is 13.2. The number of nitrogens with zero attached hydrogens (tertiary/aromatic N) is 3. The quantitative estimate of drug-likeness (QED) is 0.0100. The van der Waals surface area contributed by atoms with Crippen molar-refractivity contribution in [2.24, 2.45) is 38.7 Å². The van der Waals surface area contributed by atoms with E-state index in [4.69, 9.17) is 38.1 Å². The summed E-state index contributed by atoms with van der Waals surface area (Å²) in [5.74, 6) is 0.151. The minimum absolute atomic E-state index is 0.0259. The Labute approximate surface area is 420 Å². The maximum absolute atomic E-state index is 13.2. The second-order valence-electron chi connectivity index (χ2n) is 18.1. The first-order valence-corrected chi connectivity index (χ1v) is 29.2. The van der Waals surface area contributed by atoms with E-state index in [-0.39, 0.29) is 42.6 Å². The molecule has 2 unspecified atom stereocenters. The SMILES string of the molecule is CCCCCCCCCCCCCCOC(=O)CCN(CCSSCCNC(=O)C(CCCN=C(N)N)NC(=O)C(N)CCCN=C(N)N)CCC(=O)OCCCCCCCCCCCCCC. The van der Waals surface area contributed by atoms with E-state index in [1.807, 2.05) is 0 Å². The zero-order valence-electron chi connectivity index (χ0n) is 42.9. The molecule has 12 N–H and O–H groups in total. The number of hydrogen-bond donors (Lipinski definition) is 7. The molecule has 0 radical (unpaired) electrons. The molecule has 2 amide bonds. The van der Waals surface area contributed by atoms with Crippen LogP contribution in [0.15, 0.2) is 9.98 Å². The van der Waals surface area contributed by atoms with Crippen molar-refractivity contribution in [3.63, 3.8) is 0 Å². The molecule has 2 atom stereocenters. The number of ether oxygens (including phenoxy) is 2. The zero-order chi connectivity index (χ0) is 50.1. The summed E-state index contributed by atoms with van der Waals surface area (Å²) in [5.41, 5.74) is 27.7. The first-order valence-electron chi connectivity index (χ1n) is 26.7. The Morgan fingerprint density at radius 2 is 0.912 bits per heavy atom. The number of esters is 2. The average Bonchev–Trinajstić information content (AvgIpc) is 3.31. The lowest BCUT2D eigenvalue weighted by molar-refractivity contribution is -0.144. The number of rotatable bonds is 50. The van der Waals surface area contributed by atoms with Gasteiger partial charge in [0.15, 0.2) is 11.9 Å². The Balaban J connectivity index is 4.81. The van der Waals surface area contributed by atoms with Crippen LogP contribution in [-0.4, -0.2) is 117 Å². The van der Waals surface area contributed by atoms with Gasteiger partial charge in [-0.2, -0.15) is 0 Å². The number of guanidine groups is 2. The standard InChI is InChI=1S/C50H100N10O6S2/c1-3-5-7-9-11-13-15-17-19-21-23-25-39-65-45(61)31-36-60(37-32-46(62)66-40-26-24-22-20-18-16-14-12-10-8-6-4-2)38-42-68-67-41-35-56-48(64)44(30-28-34-58-50(54)55)59-47(63)43(51)29-27-33-57-49(52)53/h43-44H,3-42,51H2,1-2H3,(H,56,64)(H,59,63)(H4,52,53,57)(H4,54,55,58). The van der Waals surface area contributed by atoms with E-state index < -0.39 is 18.0 Å². The molecule has 0 aromatic rings. The number of hydrogen-bond acceptors (Lipinski definition) is 12. The van der Waals surface area contributed by atoms with Crippen molar-refractivity contribution in [1.29, 1.82) is 0 Å². The molecule has 16 nitrogen and oxygen atoms in total. The smallest absolute Gasteiger partial charge is 0.307 e. The summed E-state index contributed by atoms with van der Waals surface area (Å²) in [5, 5.41) is 5.70. The normalized spacial score (nSPS) is 12.1. The highest BCUT2D eigenvalue weighted by molar-refractivity contribution is 8.76. The van der Waals surface area contributed by atoms with Gasteiger partial charge in [-0.25, -0.2) is 0 Å². The predicted octanol–water partition coefficient (Wildman–Crippen LogP) is 7.97. The molecule has 18 heteroatoms. The van der Waals surface area contributed by atoms with Crippen molar-refractivity contribution in [2.45, 2.75) is 219 Å². The van der Waals surface area contributed by atoms with Crippen LogP contribution in [0.3, 0.4) is 0 Å². The molecule has 0 spiro atoms. The number of carbonyl (C=O) groups is 4. The molecule has 68 heavy (non-hydrogen) atoms. The highest BCUT2D eigenvalue weighted by atomic mass is 33.1. The van der Waals surface area contributed by atoms with Gasteiger partial charge in [0.05, 0.1) is 32.1 Å². The summed E-state index contributed by atoms with van der Waals surface area (Å²) in [7, 11) is 3.28. The van der Waals surface area contributed by atoms with Crippen LogP contribution in [0.25, 0.3) is 0 Å². The summed E-state index contributed by atoms with van der Waals surface area (Å²) in [4.78, 5) is 61.5. The Hall–Kier alpha value is -2.96. The Morgan fingerprint density at radius 3 is 1.34 bits per heavy atom. The van der Waals surface area contributed by atoms with E-state index in [0.29, 0.717) is 83.9 Å². The van der Waals surface area contributed by atoms with E-state index >= 15 is 0 Å². The molecular formula is C50H100N10O6S2. The van der Waals surface area contributed by atoms with Gasteiger partial charge in [-0.1, -0.05) is 177 Å². The monoisotopic (exact) mass is 1000 g/mol. The van der Waals surface area contributed by atoms with E-state index in [9.17, 15) is 19.2 Å². The van der Waals surface area contributed by atoms with Crippen LogP contribution in [-0.2, 0) is 28.7 Å². The summed E-state index contributed by atoms with van der Waals surface area (Å²) < 4.78 is 11.2. The highest BCUT2D eigenvalue weighted by Gasteiger charge is 2.23. The topological polar surface area (TPSA) is 269 Å². The van der Waals surface area contributed by atoms with Gasteiger partial charge in [0.1, 0.15) is 6.04 Å². The molecule has 0 heterocycles. The van der Waals surface area contributed by atoms with Crippen LogP contribution < -0.4 is 39.3 Å². The van der Waals surface area contributed by atoms with Crippen LogP contribution in [0, 0.1) is 0 Å². The molecule has 0 saturated carbocycles. The molecule has 0 aliphatic carbocycles. The second kappa shape index (κ2) is 49.0. The van der Waals surface area contributed by atoms with Crippen LogP contribution in [0.4, 0.5) is 0 Å². The largest absolute Gasteiger partial charge is 0.466 e. The number of carbonyl (C=O) groups excluding carboxylic acids is 4. The van der Waals surface area contributed by atoms with Gasteiger partial charge < -0.3 is 53.7 Å². The minimum Gasteiger partial charge on any atom is -0.466 e. The van der Waals surface area contributed by atoms with Crippen LogP contribution in [0.1, 0.15) is 206 Å². The number of aliphatic imine (C=N–C) groups is 2. The van der Waals surface area contributed by atoms with Gasteiger partial charge in [0.25, 0.3) is 0 Å². The summed E-state index contributed by atoms with van der Waals surface area (Å²) >= 11 is 0. The molecule has 0 bridgehead atoms. The minimum atomic E-state index is -0.826. The fourth-order valence-electron chi connectivity index (χ4n) is 7.56. The summed E-state index contributed by atoms with van der Waals surface area (Å²) in [6.07, 6.45) is 32.3. The van der Waals surface area contributed by atoms with E-state index in [1.54, 1.807) is 21.6 Å². The van der Waals surface area contributed by atoms with Gasteiger partial charge in [0.2, 0.25) is 11.8 Å². The van der Waals surface area contributed by atoms with Gasteiger partial charge in [-0.3, -0.25) is 29.2 Å². The molecule has 398 valence electrons. The van der Waals surface area contributed by atoms with E-state index in [1.165, 1.54) is 128 Å². The van der Waals surface area contributed by atoms with E-state index in [2.05, 4.69) is 39.4 Å². The number of nitrogens with two attached hydrogens (primary N) is 5. The third-order valence-electron chi connectivity index (χ3n) is 11.7. The van der Waals surface area contributed by atoms with Crippen molar-refractivity contribution >= 4 is 57.3 Å². The molecule has 0 rings (SSSR count). The number of nitrogens with one attached hydrogen (secondary N) is 2. The molecule has 0 saturated heterocycles. The molecule has 0 aliphatic rings. The zero-order valence-corrected chi connectivity index (χ0v) is 44.6. The molecule has 0 aliphatic heterocycles. The van der Waals surface area contributed by atoms with Gasteiger partial charge in [-0.15, -0.1) is 0 Å². The van der Waals surface area contributed by atoms with Gasteiger partial charge in [-0.05, 0) is 38.5 Å². The lowest BCUT2D eigenvalue weighted by Crippen LogP contribution is -2.52. The van der Waals surface area contributed by atoms with Crippen molar-refractivity contribution in [1.82, 2.24) is 15.5 Å². The van der Waals surface area contributed by atoms with Crippen molar-refractivity contribution in [3.8, 4) is 0 Å². The molecular weight excluding hydrogens is 901 g/mol. The van der Waals surface area contributed by atoms with Gasteiger partial charge in [0, 0.05) is 50.8 Å². The third-order valence-corrected chi connectivity index (χ3v) is 14.1. The van der Waals surface area contributed by atoms with E-state index in [0.717, 1.165) is 31.4 Å². The lowest BCUT2D eigenvalue weighted by atomic mass is 10.1. The highest BCUT2D eigenvalue weighted by Crippen LogP contribution is 2.21. The molecule has 0 fully saturated rings. The van der Waals surface area contributed by atoms with Crippen LogP contribution in [0.2, 0.25) is 0 Å². The average molecular weight is 1000 g/mol. The van der Waals surface area contributed by atoms with Crippen molar-refractivity contribution in [2.75, 3.05) is 64.0 Å². The summed E-state index contributed by atoms with van der Waals surface area (Å²) in [6.45, 7) is 8.14. The molecule has 0 aromatic heterocycles. The lowest BCUT2D eigenvalue weighted by Gasteiger charge is -2.21. The Kier molecular flexibility index (Phi) is 46.9. The van der Waals surface area contributed by atoms with Gasteiger partial charge >= 0.3 is 11.9 Å². The fourth-order valence-corrected chi connectivity index (χ4v) is 9.50. The summed E-state index contributed by atoms with van der Waals surface area (Å²) in [6, 6.07) is -1.63. The predicted molar refractivity (Wildman–Crippen MR) is 287 cm³/mol. The first-order chi connectivity index (χ1) is 33.0. The fraction of sp³-hybridized carbons (Fsp3) is 0.880. The molecule has 0 aromatic carbocycles. The Morgan fingerprint density at radius 1 is 0.515 bits per heavy atom.